The third-order valence-corrected chi connectivity index (χ3v) is 3.52. The third-order valence-electron chi connectivity index (χ3n) is 3.52. The number of nitrogens with zero attached hydrogens (tertiary/aromatic N) is 1. The Morgan fingerprint density at radius 1 is 1.03 bits per heavy atom. The zero-order chi connectivity index (χ0) is 22.1. The Balaban J connectivity index is 0.00000841. The lowest BCUT2D eigenvalue weighted by molar-refractivity contribution is -0.121. The van der Waals surface area contributed by atoms with Crippen molar-refractivity contribution in [1.82, 2.24) is 21.3 Å². The van der Waals surface area contributed by atoms with Crippen LogP contribution in [0.4, 0.5) is 4.79 Å². The van der Waals surface area contributed by atoms with Crippen LogP contribution in [-0.2, 0) is 9.53 Å². The summed E-state index contributed by atoms with van der Waals surface area (Å²) in [6.07, 6.45) is -0.499. The molecular formula is C21H36IN5O3. The lowest BCUT2D eigenvalue weighted by Crippen LogP contribution is -2.49. The van der Waals surface area contributed by atoms with Crippen LogP contribution in [0.5, 0.6) is 0 Å². The van der Waals surface area contributed by atoms with Crippen LogP contribution in [0.25, 0.3) is 0 Å². The van der Waals surface area contributed by atoms with Gasteiger partial charge < -0.3 is 26.0 Å². The van der Waals surface area contributed by atoms with Gasteiger partial charge >= 0.3 is 6.09 Å². The molecule has 0 heterocycles. The summed E-state index contributed by atoms with van der Waals surface area (Å²) < 4.78 is 5.37. The number of rotatable bonds is 6. The molecule has 0 bridgehead atoms. The van der Waals surface area contributed by atoms with Crippen molar-refractivity contribution in [2.24, 2.45) is 4.99 Å². The van der Waals surface area contributed by atoms with Crippen LogP contribution in [0.3, 0.4) is 0 Å². The quantitative estimate of drug-likeness (QED) is 0.256. The molecule has 0 saturated carbocycles. The highest BCUT2D eigenvalue weighted by atomic mass is 127. The van der Waals surface area contributed by atoms with Crippen LogP contribution < -0.4 is 21.3 Å². The van der Waals surface area contributed by atoms with Crippen LogP contribution in [0.1, 0.15) is 53.1 Å². The lowest BCUT2D eigenvalue weighted by Gasteiger charge is -2.25. The second kappa shape index (κ2) is 12.6. The average molecular weight is 533 g/mol. The minimum Gasteiger partial charge on any atom is -0.444 e. The van der Waals surface area contributed by atoms with E-state index < -0.39 is 11.7 Å². The van der Waals surface area contributed by atoms with Crippen molar-refractivity contribution in [2.75, 3.05) is 20.1 Å². The molecule has 8 nitrogen and oxygen atoms in total. The summed E-state index contributed by atoms with van der Waals surface area (Å²) >= 11 is 0. The molecule has 1 aromatic carbocycles. The number of hydrogen-bond donors (Lipinski definition) is 4. The number of carbonyl (C=O) groups excluding carboxylic acids is 2. The molecule has 9 heteroatoms. The SMILES string of the molecule is CN=C(NCC(=O)NC(C)(C)C)NCC(NC(=O)OC(C)(C)C)c1ccccc1.I. The molecule has 170 valence electrons. The fraction of sp³-hybridized carbons (Fsp3) is 0.571. The minimum absolute atomic E-state index is 0. The Labute approximate surface area is 197 Å². The van der Waals surface area contributed by atoms with E-state index in [9.17, 15) is 9.59 Å². The van der Waals surface area contributed by atoms with Crippen LogP contribution in [-0.4, -0.2) is 49.2 Å². The number of ether oxygens (including phenoxy) is 1. The van der Waals surface area contributed by atoms with Gasteiger partial charge in [-0.2, -0.15) is 0 Å². The average Bonchev–Trinajstić information content (AvgIpc) is 2.58. The summed E-state index contributed by atoms with van der Waals surface area (Å²) in [6.45, 7) is 11.7. The van der Waals surface area contributed by atoms with Crippen molar-refractivity contribution in [3.05, 3.63) is 35.9 Å². The van der Waals surface area contributed by atoms with E-state index in [0.717, 1.165) is 5.56 Å². The predicted octanol–water partition coefficient (Wildman–Crippen LogP) is 2.95. The van der Waals surface area contributed by atoms with Crippen molar-refractivity contribution < 1.29 is 14.3 Å². The Kier molecular flexibility index (Phi) is 11.8. The van der Waals surface area contributed by atoms with E-state index in [-0.39, 0.29) is 48.0 Å². The first-order valence-corrected chi connectivity index (χ1v) is 9.69. The van der Waals surface area contributed by atoms with Gasteiger partial charge in [-0.3, -0.25) is 9.79 Å². The summed E-state index contributed by atoms with van der Waals surface area (Å²) in [4.78, 5) is 28.4. The van der Waals surface area contributed by atoms with Gasteiger partial charge in [0.05, 0.1) is 12.6 Å². The van der Waals surface area contributed by atoms with E-state index in [2.05, 4.69) is 26.3 Å². The first-order valence-electron chi connectivity index (χ1n) is 9.69. The molecule has 0 aliphatic carbocycles. The monoisotopic (exact) mass is 533 g/mol. The molecule has 1 rings (SSSR count). The summed E-state index contributed by atoms with van der Waals surface area (Å²) in [6, 6.07) is 9.24. The standard InChI is InChI=1S/C21H35N5O3.HI/c1-20(2,3)26-17(27)14-24-18(22-7)23-13-16(15-11-9-8-10-12-15)25-19(28)29-21(4,5)6;/h8-12,16H,13-14H2,1-7H3,(H,25,28)(H,26,27)(H2,22,23,24);1H. The third kappa shape index (κ3) is 12.5. The van der Waals surface area contributed by atoms with E-state index in [1.54, 1.807) is 7.05 Å². The first kappa shape index (κ1) is 28.0. The van der Waals surface area contributed by atoms with Gasteiger partial charge in [0.25, 0.3) is 0 Å². The fourth-order valence-electron chi connectivity index (χ4n) is 2.43. The van der Waals surface area contributed by atoms with E-state index >= 15 is 0 Å². The predicted molar refractivity (Wildman–Crippen MR) is 131 cm³/mol. The number of guanidine groups is 1. The van der Waals surface area contributed by atoms with Gasteiger partial charge in [-0.05, 0) is 47.1 Å². The minimum atomic E-state index is -0.587. The van der Waals surface area contributed by atoms with Crippen LogP contribution in [0, 0.1) is 0 Å². The highest BCUT2D eigenvalue weighted by Gasteiger charge is 2.21. The zero-order valence-corrected chi connectivity index (χ0v) is 21.3. The molecule has 1 aromatic rings. The van der Waals surface area contributed by atoms with Crippen molar-refractivity contribution in [1.29, 1.82) is 0 Å². The molecule has 1 atom stereocenters. The Bertz CT molecular complexity index is 697. The summed E-state index contributed by atoms with van der Waals surface area (Å²) in [5, 5.41) is 11.9. The van der Waals surface area contributed by atoms with Gasteiger partial charge in [0, 0.05) is 19.1 Å². The van der Waals surface area contributed by atoms with Crippen molar-refractivity contribution in [3.8, 4) is 0 Å². The molecule has 4 N–H and O–H groups in total. The molecule has 30 heavy (non-hydrogen) atoms. The van der Waals surface area contributed by atoms with Gasteiger partial charge in [-0.15, -0.1) is 24.0 Å². The van der Waals surface area contributed by atoms with E-state index in [1.165, 1.54) is 0 Å². The summed E-state index contributed by atoms with van der Waals surface area (Å²) in [5.41, 5.74) is 0.0363. The number of hydrogen-bond acceptors (Lipinski definition) is 4. The number of aliphatic imine (C=N–C) groups is 1. The molecule has 0 aliphatic rings. The van der Waals surface area contributed by atoms with E-state index in [4.69, 9.17) is 4.74 Å². The van der Waals surface area contributed by atoms with Crippen LogP contribution in [0.2, 0.25) is 0 Å². The molecule has 0 aromatic heterocycles. The maximum atomic E-state index is 12.2. The Hall–Kier alpha value is -2.04. The fourth-order valence-corrected chi connectivity index (χ4v) is 2.43. The van der Waals surface area contributed by atoms with Gasteiger partial charge in [-0.1, -0.05) is 30.3 Å². The van der Waals surface area contributed by atoms with Crippen molar-refractivity contribution >= 4 is 41.9 Å². The zero-order valence-electron chi connectivity index (χ0n) is 19.0. The second-order valence-corrected chi connectivity index (χ2v) is 8.71. The molecule has 1 unspecified atom stereocenters. The van der Waals surface area contributed by atoms with Gasteiger partial charge in [0.1, 0.15) is 5.60 Å². The molecule has 2 amide bonds. The topological polar surface area (TPSA) is 104 Å². The molecule has 0 fully saturated rings. The number of alkyl carbamates (subject to hydrolysis) is 1. The van der Waals surface area contributed by atoms with Crippen molar-refractivity contribution in [3.63, 3.8) is 0 Å². The highest BCUT2D eigenvalue weighted by Crippen LogP contribution is 2.14. The van der Waals surface area contributed by atoms with Crippen LogP contribution in [0.15, 0.2) is 35.3 Å². The number of carbonyl (C=O) groups is 2. The van der Waals surface area contributed by atoms with Crippen molar-refractivity contribution in [2.45, 2.75) is 58.7 Å². The first-order chi connectivity index (χ1) is 13.4. The summed E-state index contributed by atoms with van der Waals surface area (Å²) in [5.74, 6) is 0.327. The van der Waals surface area contributed by atoms with Crippen LogP contribution >= 0.6 is 24.0 Å². The largest absolute Gasteiger partial charge is 0.444 e. The Morgan fingerprint density at radius 3 is 2.13 bits per heavy atom. The smallest absolute Gasteiger partial charge is 0.408 e. The maximum absolute atomic E-state index is 12.2. The van der Waals surface area contributed by atoms with Gasteiger partial charge in [0.2, 0.25) is 5.91 Å². The van der Waals surface area contributed by atoms with Gasteiger partial charge in [0.15, 0.2) is 5.96 Å². The normalized spacial score (nSPS) is 12.8. The molecule has 0 radical (unpaired) electrons. The highest BCUT2D eigenvalue weighted by molar-refractivity contribution is 14.0. The molecule has 0 spiro atoms. The second-order valence-electron chi connectivity index (χ2n) is 8.71. The molecular weight excluding hydrogens is 497 g/mol. The molecule has 0 aliphatic heterocycles. The Morgan fingerprint density at radius 2 is 1.63 bits per heavy atom. The number of halogens is 1. The maximum Gasteiger partial charge on any atom is 0.408 e. The van der Waals surface area contributed by atoms with E-state index in [1.807, 2.05) is 71.9 Å². The van der Waals surface area contributed by atoms with E-state index in [0.29, 0.717) is 12.5 Å². The van der Waals surface area contributed by atoms with Gasteiger partial charge in [-0.25, -0.2) is 4.79 Å². The molecule has 0 saturated heterocycles. The lowest BCUT2D eigenvalue weighted by atomic mass is 10.1. The number of amides is 2. The number of benzene rings is 1. The summed E-state index contributed by atoms with van der Waals surface area (Å²) in [7, 11) is 1.62. The number of nitrogens with one attached hydrogen (secondary N) is 4.